The summed E-state index contributed by atoms with van der Waals surface area (Å²) >= 11 is 1.29. The molecule has 3 nitrogen and oxygen atoms in total. The highest BCUT2D eigenvalue weighted by Gasteiger charge is 2.21. The van der Waals surface area contributed by atoms with Gasteiger partial charge in [0.2, 0.25) is 0 Å². The Labute approximate surface area is 148 Å². The lowest BCUT2D eigenvalue weighted by Gasteiger charge is -2.15. The van der Waals surface area contributed by atoms with Gasteiger partial charge in [0.25, 0.3) is 0 Å². The van der Waals surface area contributed by atoms with E-state index < -0.39 is 16.9 Å². The third-order valence-corrected chi connectivity index (χ3v) is 5.13. The quantitative estimate of drug-likeness (QED) is 0.497. The molecule has 0 aliphatic carbocycles. The maximum absolute atomic E-state index is 13.9. The number of aryl methyl sites for hydroxylation is 1. The minimum atomic E-state index is -0.643. The number of para-hydroxylation sites is 1. The summed E-state index contributed by atoms with van der Waals surface area (Å²) in [6, 6.07) is 11.0. The molecule has 1 aromatic heterocycles. The van der Waals surface area contributed by atoms with Gasteiger partial charge in [-0.15, -0.1) is 0 Å². The molecule has 0 fully saturated rings. The average Bonchev–Trinajstić information content (AvgIpc) is 2.56. The summed E-state index contributed by atoms with van der Waals surface area (Å²) in [6.45, 7) is 3.26. The molecule has 2 aromatic carbocycles. The molecule has 0 saturated carbocycles. The van der Waals surface area contributed by atoms with Gasteiger partial charge in [-0.2, -0.15) is 0 Å². The van der Waals surface area contributed by atoms with Gasteiger partial charge in [-0.1, -0.05) is 36.0 Å². The number of benzene rings is 2. The van der Waals surface area contributed by atoms with Gasteiger partial charge in [0.1, 0.15) is 28.3 Å². The Balaban J connectivity index is 1.94. The number of fused-ring (bicyclic) bond motifs is 1. The third kappa shape index (κ3) is 4.02. The van der Waals surface area contributed by atoms with Gasteiger partial charge >= 0.3 is 0 Å². The molecule has 3 rings (SSSR count). The second-order valence-corrected chi connectivity index (χ2v) is 6.94. The fourth-order valence-corrected chi connectivity index (χ4v) is 3.72. The number of aromatic nitrogens is 2. The van der Waals surface area contributed by atoms with Crippen LogP contribution < -0.4 is 0 Å². The first-order valence-corrected chi connectivity index (χ1v) is 8.66. The number of rotatable bonds is 5. The first kappa shape index (κ1) is 17.5. The van der Waals surface area contributed by atoms with E-state index in [1.807, 2.05) is 24.3 Å². The van der Waals surface area contributed by atoms with Crippen LogP contribution in [0.4, 0.5) is 8.78 Å². The van der Waals surface area contributed by atoms with Crippen molar-refractivity contribution in [1.82, 2.24) is 9.97 Å². The summed E-state index contributed by atoms with van der Waals surface area (Å²) in [6.07, 6.45) is 0.170. The van der Waals surface area contributed by atoms with Crippen LogP contribution in [0.15, 0.2) is 47.5 Å². The number of hydrogen-bond acceptors (Lipinski definition) is 4. The topological polar surface area (TPSA) is 42.9 Å². The molecule has 0 saturated heterocycles. The third-order valence-electron chi connectivity index (χ3n) is 3.81. The Hall–Kier alpha value is -2.34. The molecular formula is C19H16F2N2OS. The standard InChI is InChI=1S/C19H16F2N2OS/c1-11(24)18(9-13-7-8-14(20)10-16(13)21)25-19-15-5-3-4-6-17(15)22-12(2)23-19/h3-8,10,18H,9H2,1-2H3. The fraction of sp³-hybridized carbons (Fsp3) is 0.211. The highest BCUT2D eigenvalue weighted by Crippen LogP contribution is 2.31. The Morgan fingerprint density at radius 2 is 1.92 bits per heavy atom. The number of nitrogens with zero attached hydrogens (tertiary/aromatic N) is 2. The normalized spacial score (nSPS) is 12.3. The lowest BCUT2D eigenvalue weighted by molar-refractivity contribution is -0.116. The van der Waals surface area contributed by atoms with Crippen molar-refractivity contribution in [1.29, 1.82) is 0 Å². The van der Waals surface area contributed by atoms with Crippen LogP contribution in [-0.2, 0) is 11.2 Å². The van der Waals surface area contributed by atoms with E-state index in [-0.39, 0.29) is 12.2 Å². The van der Waals surface area contributed by atoms with Gasteiger partial charge < -0.3 is 0 Å². The van der Waals surface area contributed by atoms with Crippen LogP contribution >= 0.6 is 11.8 Å². The maximum Gasteiger partial charge on any atom is 0.143 e. The fourth-order valence-electron chi connectivity index (χ4n) is 2.54. The molecule has 0 N–H and O–H groups in total. The Kier molecular flexibility index (Phi) is 5.08. The van der Waals surface area contributed by atoms with Gasteiger partial charge in [0.05, 0.1) is 10.8 Å². The maximum atomic E-state index is 13.9. The van der Waals surface area contributed by atoms with E-state index >= 15 is 0 Å². The minimum absolute atomic E-state index is 0.0888. The van der Waals surface area contributed by atoms with E-state index in [2.05, 4.69) is 9.97 Å². The molecule has 25 heavy (non-hydrogen) atoms. The van der Waals surface area contributed by atoms with Crippen molar-refractivity contribution in [2.75, 3.05) is 0 Å². The number of thioether (sulfide) groups is 1. The van der Waals surface area contributed by atoms with Crippen LogP contribution in [0.5, 0.6) is 0 Å². The monoisotopic (exact) mass is 358 g/mol. The molecule has 1 atom stereocenters. The highest BCUT2D eigenvalue weighted by atomic mass is 32.2. The summed E-state index contributed by atoms with van der Waals surface area (Å²) in [5.74, 6) is -0.758. The van der Waals surface area contributed by atoms with Crippen molar-refractivity contribution < 1.29 is 13.6 Å². The van der Waals surface area contributed by atoms with Gasteiger partial charge in [-0.25, -0.2) is 18.7 Å². The molecule has 0 spiro atoms. The van der Waals surface area contributed by atoms with Crippen molar-refractivity contribution in [3.63, 3.8) is 0 Å². The van der Waals surface area contributed by atoms with Crippen LogP contribution in [0, 0.1) is 18.6 Å². The molecule has 0 radical (unpaired) electrons. The van der Waals surface area contributed by atoms with Crippen LogP contribution in [0.3, 0.4) is 0 Å². The smallest absolute Gasteiger partial charge is 0.143 e. The molecule has 0 aliphatic rings. The number of carbonyl (C=O) groups excluding carboxylic acids is 1. The lowest BCUT2D eigenvalue weighted by Crippen LogP contribution is -2.18. The average molecular weight is 358 g/mol. The van der Waals surface area contributed by atoms with Crippen molar-refractivity contribution in [2.24, 2.45) is 0 Å². The first-order valence-electron chi connectivity index (χ1n) is 7.78. The number of carbonyl (C=O) groups is 1. The summed E-state index contributed by atoms with van der Waals surface area (Å²) in [5.41, 5.74) is 1.11. The van der Waals surface area contributed by atoms with Crippen LogP contribution in [0.1, 0.15) is 18.3 Å². The highest BCUT2D eigenvalue weighted by molar-refractivity contribution is 8.00. The van der Waals surface area contributed by atoms with E-state index in [4.69, 9.17) is 0 Å². The largest absolute Gasteiger partial charge is 0.299 e. The van der Waals surface area contributed by atoms with Gasteiger partial charge in [-0.3, -0.25) is 4.79 Å². The summed E-state index contributed by atoms with van der Waals surface area (Å²) in [5, 5.41) is 1.02. The van der Waals surface area contributed by atoms with Crippen molar-refractivity contribution in [3.8, 4) is 0 Å². The predicted octanol–water partition coefficient (Wildman–Crippen LogP) is 4.51. The summed E-state index contributed by atoms with van der Waals surface area (Å²) in [7, 11) is 0. The van der Waals surface area contributed by atoms with Gasteiger partial charge in [0.15, 0.2) is 0 Å². The molecule has 1 unspecified atom stereocenters. The van der Waals surface area contributed by atoms with Crippen LogP contribution in [-0.4, -0.2) is 21.0 Å². The number of Topliss-reactive ketones (excluding diaryl/α,β-unsaturated/α-hetero) is 1. The molecule has 0 bridgehead atoms. The second-order valence-electron chi connectivity index (χ2n) is 5.75. The van der Waals surface area contributed by atoms with Gasteiger partial charge in [-0.05, 0) is 38.0 Å². The number of halogens is 2. The second kappa shape index (κ2) is 7.27. The number of hydrogen-bond donors (Lipinski definition) is 0. The molecule has 0 aliphatic heterocycles. The summed E-state index contributed by atoms with van der Waals surface area (Å²) in [4.78, 5) is 20.9. The molecule has 0 amide bonds. The van der Waals surface area contributed by atoms with Crippen LogP contribution in [0.2, 0.25) is 0 Å². The van der Waals surface area contributed by atoms with Crippen molar-refractivity contribution in [2.45, 2.75) is 30.5 Å². The minimum Gasteiger partial charge on any atom is -0.299 e. The Morgan fingerprint density at radius 1 is 1.16 bits per heavy atom. The van der Waals surface area contributed by atoms with Crippen molar-refractivity contribution >= 4 is 28.4 Å². The van der Waals surface area contributed by atoms with Crippen LogP contribution in [0.25, 0.3) is 10.9 Å². The van der Waals surface area contributed by atoms with E-state index in [1.165, 1.54) is 30.8 Å². The predicted molar refractivity (Wildman–Crippen MR) is 94.7 cm³/mol. The van der Waals surface area contributed by atoms with Crippen molar-refractivity contribution in [3.05, 3.63) is 65.5 Å². The zero-order chi connectivity index (χ0) is 18.0. The molecule has 3 aromatic rings. The van der Waals surface area contributed by atoms with Gasteiger partial charge in [0, 0.05) is 11.5 Å². The molecule has 6 heteroatoms. The Morgan fingerprint density at radius 3 is 2.64 bits per heavy atom. The number of ketones is 1. The van der Waals surface area contributed by atoms with E-state index in [1.54, 1.807) is 6.92 Å². The molecular weight excluding hydrogens is 342 g/mol. The molecule has 128 valence electrons. The Bertz CT molecular complexity index is 946. The SMILES string of the molecule is CC(=O)C(Cc1ccc(F)cc1F)Sc1nc(C)nc2ccccc12. The van der Waals surface area contributed by atoms with E-state index in [0.717, 1.165) is 17.0 Å². The molecule has 1 heterocycles. The zero-order valence-corrected chi connectivity index (χ0v) is 14.6. The van der Waals surface area contributed by atoms with E-state index in [0.29, 0.717) is 16.4 Å². The first-order chi connectivity index (χ1) is 11.9. The summed E-state index contributed by atoms with van der Waals surface area (Å²) < 4.78 is 27.0. The lowest BCUT2D eigenvalue weighted by atomic mass is 10.1. The zero-order valence-electron chi connectivity index (χ0n) is 13.8. The van der Waals surface area contributed by atoms with E-state index in [9.17, 15) is 13.6 Å².